The van der Waals surface area contributed by atoms with Crippen molar-refractivity contribution >= 4 is 11.0 Å². The van der Waals surface area contributed by atoms with E-state index in [1.54, 1.807) is 24.8 Å². The SMILES string of the molecule is COc1cccc(Oc2c(-c3ccc(=O)n(C)c3)ccc3[nH]c(C4CCOCC4)nc23)c1. The zero-order valence-corrected chi connectivity index (χ0v) is 18.1. The number of nitrogens with zero attached hydrogens (tertiary/aromatic N) is 2. The fourth-order valence-corrected chi connectivity index (χ4v) is 4.10. The molecule has 0 atom stereocenters. The normalized spacial score (nSPS) is 14.6. The molecule has 1 aliphatic rings. The fourth-order valence-electron chi connectivity index (χ4n) is 4.10. The molecule has 2 aromatic carbocycles. The van der Waals surface area contributed by atoms with Gasteiger partial charge in [-0.1, -0.05) is 6.07 Å². The van der Waals surface area contributed by atoms with E-state index in [2.05, 4.69) is 4.98 Å². The van der Waals surface area contributed by atoms with Crippen LogP contribution in [0.3, 0.4) is 0 Å². The largest absolute Gasteiger partial charge is 0.497 e. The van der Waals surface area contributed by atoms with E-state index in [4.69, 9.17) is 19.2 Å². The van der Waals surface area contributed by atoms with Gasteiger partial charge in [0.25, 0.3) is 0 Å². The number of benzene rings is 2. The standard InChI is InChI=1S/C25H25N3O4/c1-28-15-17(6-9-22(28)29)20-7-8-21-23(27-25(26-21)16-10-12-31-13-11-16)24(20)32-19-5-3-4-18(14-19)30-2/h3-9,14-16H,10-13H2,1-2H3,(H,26,27). The molecule has 32 heavy (non-hydrogen) atoms. The van der Waals surface area contributed by atoms with Crippen LogP contribution in [0.5, 0.6) is 17.2 Å². The van der Waals surface area contributed by atoms with Gasteiger partial charge in [-0.05, 0) is 43.2 Å². The lowest BCUT2D eigenvalue weighted by molar-refractivity contribution is 0.0838. The zero-order chi connectivity index (χ0) is 22.1. The first kappa shape index (κ1) is 20.3. The van der Waals surface area contributed by atoms with Gasteiger partial charge in [-0.15, -0.1) is 0 Å². The van der Waals surface area contributed by atoms with Gasteiger partial charge in [0.15, 0.2) is 5.75 Å². The Hall–Kier alpha value is -3.58. The number of hydrogen-bond acceptors (Lipinski definition) is 5. The molecule has 0 radical (unpaired) electrons. The number of aromatic nitrogens is 3. The summed E-state index contributed by atoms with van der Waals surface area (Å²) in [5, 5.41) is 0. The van der Waals surface area contributed by atoms with Crippen LogP contribution < -0.4 is 15.0 Å². The first-order valence-electron chi connectivity index (χ1n) is 10.7. The van der Waals surface area contributed by atoms with Crippen molar-refractivity contribution in [3.05, 3.63) is 70.9 Å². The van der Waals surface area contributed by atoms with Gasteiger partial charge < -0.3 is 23.8 Å². The number of methoxy groups -OCH3 is 1. The van der Waals surface area contributed by atoms with Gasteiger partial charge in [-0.3, -0.25) is 4.79 Å². The Morgan fingerprint density at radius 2 is 1.91 bits per heavy atom. The molecular formula is C25H25N3O4. The summed E-state index contributed by atoms with van der Waals surface area (Å²) >= 11 is 0. The van der Waals surface area contributed by atoms with Crippen LogP contribution in [0.15, 0.2) is 59.5 Å². The smallest absolute Gasteiger partial charge is 0.250 e. The highest BCUT2D eigenvalue weighted by Gasteiger charge is 2.22. The number of nitrogens with one attached hydrogen (secondary N) is 1. The molecule has 1 aliphatic heterocycles. The van der Waals surface area contributed by atoms with Crippen molar-refractivity contribution in [1.29, 1.82) is 0 Å². The van der Waals surface area contributed by atoms with Crippen LogP contribution >= 0.6 is 0 Å². The molecule has 0 bridgehead atoms. The molecule has 3 heterocycles. The third-order valence-corrected chi connectivity index (χ3v) is 5.89. The number of rotatable bonds is 5. The van der Waals surface area contributed by atoms with Gasteiger partial charge in [-0.2, -0.15) is 0 Å². The molecule has 0 amide bonds. The van der Waals surface area contributed by atoms with E-state index in [1.165, 1.54) is 0 Å². The maximum Gasteiger partial charge on any atom is 0.250 e. The van der Waals surface area contributed by atoms with Gasteiger partial charge in [0, 0.05) is 55.6 Å². The van der Waals surface area contributed by atoms with E-state index in [1.807, 2.05) is 48.7 Å². The highest BCUT2D eigenvalue weighted by molar-refractivity contribution is 5.91. The quantitative estimate of drug-likeness (QED) is 0.499. The number of fused-ring (bicyclic) bond motifs is 1. The highest BCUT2D eigenvalue weighted by atomic mass is 16.5. The lowest BCUT2D eigenvalue weighted by atomic mass is 10.00. The Bertz CT molecular complexity index is 1320. The number of ether oxygens (including phenoxy) is 3. The molecule has 0 saturated carbocycles. The molecule has 0 aliphatic carbocycles. The molecule has 5 rings (SSSR count). The Morgan fingerprint density at radius 1 is 1.09 bits per heavy atom. The van der Waals surface area contributed by atoms with Gasteiger partial charge in [0.2, 0.25) is 5.56 Å². The number of H-pyrrole nitrogens is 1. The van der Waals surface area contributed by atoms with E-state index < -0.39 is 0 Å². The van der Waals surface area contributed by atoms with Crippen LogP contribution in [0.1, 0.15) is 24.6 Å². The summed E-state index contributed by atoms with van der Waals surface area (Å²) in [4.78, 5) is 20.4. The van der Waals surface area contributed by atoms with Gasteiger partial charge >= 0.3 is 0 Å². The van der Waals surface area contributed by atoms with Crippen LogP contribution in [0.4, 0.5) is 0 Å². The summed E-state index contributed by atoms with van der Waals surface area (Å²) in [5.41, 5.74) is 3.36. The van der Waals surface area contributed by atoms with Gasteiger partial charge in [0.1, 0.15) is 22.8 Å². The second kappa shape index (κ2) is 8.51. The molecule has 7 heteroatoms. The van der Waals surface area contributed by atoms with Crippen LogP contribution in [-0.2, 0) is 11.8 Å². The van der Waals surface area contributed by atoms with E-state index in [-0.39, 0.29) is 5.56 Å². The molecule has 2 aromatic heterocycles. The Balaban J connectivity index is 1.66. The number of imidazole rings is 1. The summed E-state index contributed by atoms with van der Waals surface area (Å²) in [7, 11) is 3.37. The molecule has 0 spiro atoms. The molecule has 164 valence electrons. The number of aryl methyl sites for hydroxylation is 1. The molecule has 1 fully saturated rings. The predicted molar refractivity (Wildman–Crippen MR) is 123 cm³/mol. The first-order valence-corrected chi connectivity index (χ1v) is 10.7. The highest BCUT2D eigenvalue weighted by Crippen LogP contribution is 2.40. The van der Waals surface area contributed by atoms with Crippen molar-refractivity contribution in [2.45, 2.75) is 18.8 Å². The molecule has 0 unspecified atom stereocenters. The van der Waals surface area contributed by atoms with Crippen molar-refractivity contribution in [1.82, 2.24) is 14.5 Å². The minimum absolute atomic E-state index is 0.0633. The summed E-state index contributed by atoms with van der Waals surface area (Å²) < 4.78 is 18.8. The van der Waals surface area contributed by atoms with E-state index in [0.717, 1.165) is 54.0 Å². The van der Waals surface area contributed by atoms with Crippen molar-refractivity contribution in [2.24, 2.45) is 7.05 Å². The Labute approximate surface area is 185 Å². The Morgan fingerprint density at radius 3 is 2.69 bits per heavy atom. The number of pyridine rings is 1. The maximum atomic E-state index is 11.9. The average molecular weight is 431 g/mol. The van der Waals surface area contributed by atoms with Crippen LogP contribution in [0.25, 0.3) is 22.2 Å². The van der Waals surface area contributed by atoms with E-state index in [9.17, 15) is 4.79 Å². The Kier molecular flexibility index (Phi) is 5.41. The number of aromatic amines is 1. The van der Waals surface area contributed by atoms with Crippen molar-refractivity contribution in [3.8, 4) is 28.4 Å². The second-order valence-corrected chi connectivity index (χ2v) is 8.00. The average Bonchev–Trinajstić information content (AvgIpc) is 3.27. The summed E-state index contributed by atoms with van der Waals surface area (Å²) in [6, 6.07) is 14.9. The maximum absolute atomic E-state index is 11.9. The van der Waals surface area contributed by atoms with Crippen LogP contribution in [-0.4, -0.2) is 34.9 Å². The monoisotopic (exact) mass is 431 g/mol. The lowest BCUT2D eigenvalue weighted by Gasteiger charge is -2.19. The molecule has 7 nitrogen and oxygen atoms in total. The minimum Gasteiger partial charge on any atom is -0.497 e. The molecule has 1 saturated heterocycles. The van der Waals surface area contributed by atoms with E-state index >= 15 is 0 Å². The summed E-state index contributed by atoms with van der Waals surface area (Å²) in [5.74, 6) is 3.30. The zero-order valence-electron chi connectivity index (χ0n) is 18.1. The van der Waals surface area contributed by atoms with E-state index in [0.29, 0.717) is 23.2 Å². The predicted octanol–water partition coefficient (Wildman–Crippen LogP) is 4.62. The van der Waals surface area contributed by atoms with Crippen molar-refractivity contribution in [3.63, 3.8) is 0 Å². The van der Waals surface area contributed by atoms with Gasteiger partial charge in [0.05, 0.1) is 12.6 Å². The van der Waals surface area contributed by atoms with Crippen LogP contribution in [0, 0.1) is 0 Å². The van der Waals surface area contributed by atoms with Gasteiger partial charge in [-0.25, -0.2) is 4.98 Å². The molecule has 1 N–H and O–H groups in total. The summed E-state index contributed by atoms with van der Waals surface area (Å²) in [6.07, 6.45) is 3.70. The molecule has 4 aromatic rings. The first-order chi connectivity index (χ1) is 15.6. The van der Waals surface area contributed by atoms with Crippen LogP contribution in [0.2, 0.25) is 0 Å². The van der Waals surface area contributed by atoms with Crippen molar-refractivity contribution in [2.75, 3.05) is 20.3 Å². The third-order valence-electron chi connectivity index (χ3n) is 5.89. The lowest BCUT2D eigenvalue weighted by Crippen LogP contribution is -2.15. The third kappa shape index (κ3) is 3.87. The summed E-state index contributed by atoms with van der Waals surface area (Å²) in [6.45, 7) is 1.50. The van der Waals surface area contributed by atoms with Crippen molar-refractivity contribution < 1.29 is 14.2 Å². The number of hydrogen-bond donors (Lipinski definition) is 1. The molecular weight excluding hydrogens is 406 g/mol. The minimum atomic E-state index is -0.0633. The second-order valence-electron chi connectivity index (χ2n) is 8.00. The topological polar surface area (TPSA) is 78.4 Å². The fraction of sp³-hybridized carbons (Fsp3) is 0.280.